The second-order valence-electron chi connectivity index (χ2n) is 6.16. The Balaban J connectivity index is 2.21. The van der Waals surface area contributed by atoms with E-state index in [0.29, 0.717) is 28.3 Å². The molecule has 0 aliphatic heterocycles. The van der Waals surface area contributed by atoms with E-state index >= 15 is 0 Å². The number of rotatable bonds is 7. The molecule has 7 heteroatoms. The molecule has 0 aliphatic rings. The Hall–Kier alpha value is -3.09. The highest BCUT2D eigenvalue weighted by Crippen LogP contribution is 2.28. The smallest absolute Gasteiger partial charge is 0.338 e. The van der Waals surface area contributed by atoms with Gasteiger partial charge >= 0.3 is 5.97 Å². The third-order valence-electron chi connectivity index (χ3n) is 4.31. The van der Waals surface area contributed by atoms with Crippen LogP contribution in [0.25, 0.3) is 0 Å². The molecule has 1 aromatic heterocycles. The van der Waals surface area contributed by atoms with Crippen molar-refractivity contribution in [1.82, 2.24) is 4.98 Å². The highest BCUT2D eigenvalue weighted by atomic mass is 16.5. The van der Waals surface area contributed by atoms with E-state index in [1.165, 1.54) is 40.2 Å². The average molecular weight is 373 g/mol. The molecule has 0 amide bonds. The monoisotopic (exact) mass is 373 g/mol. The molecule has 1 heterocycles. The summed E-state index contributed by atoms with van der Waals surface area (Å²) in [4.78, 5) is 39.7. The predicted octanol–water partition coefficient (Wildman–Crippen LogP) is 3.28. The Morgan fingerprint density at radius 3 is 2.19 bits per heavy atom. The molecule has 27 heavy (non-hydrogen) atoms. The SMILES string of the molecule is COc1ccc(C(=O)O[C@@H](C)C(=O)c2[nH]c(C)c(C(C)=O)c2C)cc1OC. The van der Waals surface area contributed by atoms with E-state index in [1.807, 2.05) is 0 Å². The van der Waals surface area contributed by atoms with Gasteiger partial charge in [0.1, 0.15) is 0 Å². The van der Waals surface area contributed by atoms with Crippen LogP contribution < -0.4 is 9.47 Å². The van der Waals surface area contributed by atoms with Crippen molar-refractivity contribution >= 4 is 17.5 Å². The van der Waals surface area contributed by atoms with Gasteiger partial charge in [0, 0.05) is 11.3 Å². The first-order chi connectivity index (χ1) is 12.7. The molecular weight excluding hydrogens is 350 g/mol. The number of methoxy groups -OCH3 is 2. The minimum atomic E-state index is -1.03. The lowest BCUT2D eigenvalue weighted by molar-refractivity contribution is 0.0316. The van der Waals surface area contributed by atoms with E-state index in [1.54, 1.807) is 19.9 Å². The zero-order valence-corrected chi connectivity index (χ0v) is 16.3. The number of ketones is 2. The minimum absolute atomic E-state index is 0.129. The Kier molecular flexibility index (Phi) is 6.05. The van der Waals surface area contributed by atoms with Gasteiger partial charge in [0.25, 0.3) is 0 Å². The molecule has 0 spiro atoms. The Bertz CT molecular complexity index is 896. The predicted molar refractivity (Wildman–Crippen MR) is 99.0 cm³/mol. The zero-order chi connectivity index (χ0) is 20.3. The number of carbonyl (C=O) groups is 3. The van der Waals surface area contributed by atoms with Gasteiger partial charge in [-0.3, -0.25) is 9.59 Å². The first kappa shape index (κ1) is 20.2. The van der Waals surface area contributed by atoms with Gasteiger partial charge in [0.2, 0.25) is 5.78 Å². The number of nitrogens with one attached hydrogen (secondary N) is 1. The number of H-pyrrole nitrogens is 1. The van der Waals surface area contributed by atoms with Crippen LogP contribution in [-0.4, -0.2) is 42.8 Å². The van der Waals surface area contributed by atoms with Gasteiger partial charge in [0.15, 0.2) is 23.4 Å². The van der Waals surface area contributed by atoms with Crippen LogP contribution in [0.3, 0.4) is 0 Å². The van der Waals surface area contributed by atoms with Crippen molar-refractivity contribution < 1.29 is 28.6 Å². The van der Waals surface area contributed by atoms with Crippen LogP contribution in [0.15, 0.2) is 18.2 Å². The fourth-order valence-corrected chi connectivity index (χ4v) is 2.97. The average Bonchev–Trinajstić information content (AvgIpc) is 2.94. The third-order valence-corrected chi connectivity index (χ3v) is 4.31. The van der Waals surface area contributed by atoms with Crippen molar-refractivity contribution in [3.8, 4) is 11.5 Å². The number of aryl methyl sites for hydroxylation is 1. The summed E-state index contributed by atoms with van der Waals surface area (Å²) in [5.74, 6) is -0.336. The summed E-state index contributed by atoms with van der Waals surface area (Å²) < 4.78 is 15.6. The summed E-state index contributed by atoms with van der Waals surface area (Å²) in [6, 6.07) is 4.59. The van der Waals surface area contributed by atoms with Gasteiger partial charge in [-0.05, 0) is 51.5 Å². The largest absolute Gasteiger partial charge is 0.493 e. The number of hydrogen-bond donors (Lipinski definition) is 1. The molecule has 1 N–H and O–H groups in total. The Morgan fingerprint density at radius 2 is 1.67 bits per heavy atom. The molecule has 0 fully saturated rings. The summed E-state index contributed by atoms with van der Waals surface area (Å²) in [5, 5.41) is 0. The number of esters is 1. The molecular formula is C20H23NO6. The highest BCUT2D eigenvalue weighted by Gasteiger charge is 2.26. The first-order valence-electron chi connectivity index (χ1n) is 8.38. The molecule has 0 radical (unpaired) electrons. The minimum Gasteiger partial charge on any atom is -0.493 e. The van der Waals surface area contributed by atoms with E-state index in [4.69, 9.17) is 14.2 Å². The summed E-state index contributed by atoms with van der Waals surface area (Å²) in [6.07, 6.45) is -1.03. The standard InChI is InChI=1S/C20H23NO6/c1-10-17(12(3)22)11(2)21-18(10)19(23)13(4)27-20(24)14-7-8-15(25-5)16(9-14)26-6/h7-9,13,21H,1-6H3/t13-/m0/s1. The lowest BCUT2D eigenvalue weighted by Crippen LogP contribution is -2.25. The fourth-order valence-electron chi connectivity index (χ4n) is 2.97. The van der Waals surface area contributed by atoms with Crippen molar-refractivity contribution in [2.45, 2.75) is 33.8 Å². The number of ether oxygens (including phenoxy) is 3. The lowest BCUT2D eigenvalue weighted by Gasteiger charge is -2.13. The second-order valence-corrected chi connectivity index (χ2v) is 6.16. The van der Waals surface area contributed by atoms with Gasteiger partial charge < -0.3 is 19.2 Å². The van der Waals surface area contributed by atoms with E-state index < -0.39 is 17.9 Å². The maximum atomic E-state index is 12.7. The van der Waals surface area contributed by atoms with Crippen molar-refractivity contribution in [1.29, 1.82) is 0 Å². The van der Waals surface area contributed by atoms with E-state index in [2.05, 4.69) is 4.98 Å². The van der Waals surface area contributed by atoms with Crippen LogP contribution >= 0.6 is 0 Å². The number of aromatic nitrogens is 1. The number of Topliss-reactive ketones (excluding diaryl/α,β-unsaturated/α-hetero) is 2. The second kappa shape index (κ2) is 8.07. The molecule has 0 bridgehead atoms. The molecule has 1 aromatic carbocycles. The van der Waals surface area contributed by atoms with Gasteiger partial charge in [0.05, 0.1) is 25.5 Å². The number of benzene rings is 1. The lowest BCUT2D eigenvalue weighted by atomic mass is 10.0. The highest BCUT2D eigenvalue weighted by molar-refractivity contribution is 6.05. The fraction of sp³-hybridized carbons (Fsp3) is 0.350. The van der Waals surface area contributed by atoms with Crippen LogP contribution in [-0.2, 0) is 4.74 Å². The van der Waals surface area contributed by atoms with Crippen molar-refractivity contribution in [3.05, 3.63) is 46.3 Å². The molecule has 1 atom stereocenters. The Labute approximate surface area is 157 Å². The van der Waals surface area contributed by atoms with Crippen molar-refractivity contribution in [2.75, 3.05) is 14.2 Å². The molecule has 0 unspecified atom stereocenters. The van der Waals surface area contributed by atoms with Crippen LogP contribution in [0.5, 0.6) is 11.5 Å². The molecule has 2 rings (SSSR count). The maximum Gasteiger partial charge on any atom is 0.338 e. The van der Waals surface area contributed by atoms with E-state index in [0.717, 1.165) is 0 Å². The van der Waals surface area contributed by atoms with Crippen molar-refractivity contribution in [2.24, 2.45) is 0 Å². The van der Waals surface area contributed by atoms with Gasteiger partial charge in [-0.1, -0.05) is 0 Å². The first-order valence-corrected chi connectivity index (χ1v) is 8.38. The normalized spacial score (nSPS) is 11.6. The molecule has 0 aliphatic carbocycles. The van der Waals surface area contributed by atoms with Crippen LogP contribution in [0.2, 0.25) is 0 Å². The van der Waals surface area contributed by atoms with Gasteiger partial charge in [-0.15, -0.1) is 0 Å². The topological polar surface area (TPSA) is 94.7 Å². The molecule has 0 saturated carbocycles. The Morgan fingerprint density at radius 1 is 1.04 bits per heavy atom. The molecule has 7 nitrogen and oxygen atoms in total. The summed E-state index contributed by atoms with van der Waals surface area (Å²) in [5.41, 5.74) is 2.15. The quantitative estimate of drug-likeness (QED) is 0.591. The van der Waals surface area contributed by atoms with Crippen molar-refractivity contribution in [3.63, 3.8) is 0 Å². The third kappa shape index (κ3) is 4.02. The zero-order valence-electron chi connectivity index (χ0n) is 16.3. The summed E-state index contributed by atoms with van der Waals surface area (Å²) in [7, 11) is 2.95. The van der Waals surface area contributed by atoms with Crippen LogP contribution in [0.1, 0.15) is 56.3 Å². The number of aromatic amines is 1. The van der Waals surface area contributed by atoms with E-state index in [-0.39, 0.29) is 17.0 Å². The van der Waals surface area contributed by atoms with Crippen LogP contribution in [0.4, 0.5) is 0 Å². The van der Waals surface area contributed by atoms with Gasteiger partial charge in [-0.25, -0.2) is 4.79 Å². The molecule has 2 aromatic rings. The number of hydrogen-bond acceptors (Lipinski definition) is 6. The van der Waals surface area contributed by atoms with E-state index in [9.17, 15) is 14.4 Å². The molecule has 0 saturated heterocycles. The summed E-state index contributed by atoms with van der Waals surface area (Å²) >= 11 is 0. The maximum absolute atomic E-state index is 12.7. The number of carbonyl (C=O) groups excluding carboxylic acids is 3. The summed E-state index contributed by atoms with van der Waals surface area (Å²) in [6.45, 7) is 6.35. The van der Waals surface area contributed by atoms with Crippen LogP contribution in [0, 0.1) is 13.8 Å². The van der Waals surface area contributed by atoms with Gasteiger partial charge in [-0.2, -0.15) is 0 Å². The molecule has 144 valence electrons.